The van der Waals surface area contributed by atoms with E-state index in [4.69, 9.17) is 9.52 Å². The number of carboxylic acid groups (broad SMARTS) is 1. The SMILES string of the molecule is O=C(NCc1ccoc1)N[C@@H](Cc1cnc[nH]1)C(=O)O. The first-order chi connectivity index (χ1) is 9.65. The second kappa shape index (κ2) is 6.41. The maximum absolute atomic E-state index is 11.6. The third kappa shape index (κ3) is 3.87. The number of carbonyl (C=O) groups is 2. The first-order valence-corrected chi connectivity index (χ1v) is 5.90. The molecule has 20 heavy (non-hydrogen) atoms. The predicted molar refractivity (Wildman–Crippen MR) is 67.8 cm³/mol. The summed E-state index contributed by atoms with van der Waals surface area (Å²) in [6, 6.07) is 0.123. The molecule has 0 aliphatic heterocycles. The monoisotopic (exact) mass is 278 g/mol. The number of urea groups is 1. The average molecular weight is 278 g/mol. The number of aromatic nitrogens is 2. The molecule has 0 unspecified atom stereocenters. The zero-order chi connectivity index (χ0) is 14.4. The molecule has 0 saturated carbocycles. The van der Waals surface area contributed by atoms with Crippen LogP contribution in [-0.2, 0) is 17.8 Å². The van der Waals surface area contributed by atoms with Crippen molar-refractivity contribution >= 4 is 12.0 Å². The minimum Gasteiger partial charge on any atom is -0.480 e. The Labute approximate surface area is 114 Å². The molecule has 0 spiro atoms. The Morgan fingerprint density at radius 1 is 1.50 bits per heavy atom. The fourth-order valence-corrected chi connectivity index (χ4v) is 1.60. The smallest absolute Gasteiger partial charge is 0.326 e. The standard InChI is InChI=1S/C12H14N4O4/c17-11(18)10(3-9-5-13-7-15-9)16-12(19)14-4-8-1-2-20-6-8/h1-2,5-7,10H,3-4H2,(H,13,15)(H,17,18)(H2,14,16,19)/t10-/m0/s1. The Bertz CT molecular complexity index is 550. The average Bonchev–Trinajstić information content (AvgIpc) is 3.08. The molecule has 2 amide bonds. The third-order valence-corrected chi connectivity index (χ3v) is 2.62. The molecule has 8 nitrogen and oxygen atoms in total. The van der Waals surface area contributed by atoms with E-state index in [1.54, 1.807) is 6.07 Å². The van der Waals surface area contributed by atoms with Crippen LogP contribution in [0.5, 0.6) is 0 Å². The lowest BCUT2D eigenvalue weighted by molar-refractivity contribution is -0.139. The van der Waals surface area contributed by atoms with Gasteiger partial charge in [0, 0.05) is 30.4 Å². The molecule has 4 N–H and O–H groups in total. The summed E-state index contributed by atoms with van der Waals surface area (Å²) in [5.41, 5.74) is 1.42. The van der Waals surface area contributed by atoms with E-state index in [1.165, 1.54) is 25.1 Å². The lowest BCUT2D eigenvalue weighted by Gasteiger charge is -2.14. The van der Waals surface area contributed by atoms with Gasteiger partial charge in [0.15, 0.2) is 0 Å². The normalized spacial score (nSPS) is 11.8. The van der Waals surface area contributed by atoms with Crippen LogP contribution in [0.25, 0.3) is 0 Å². The van der Waals surface area contributed by atoms with Crippen molar-refractivity contribution in [1.82, 2.24) is 20.6 Å². The van der Waals surface area contributed by atoms with E-state index in [-0.39, 0.29) is 13.0 Å². The fourth-order valence-electron chi connectivity index (χ4n) is 1.60. The van der Waals surface area contributed by atoms with Crippen molar-refractivity contribution < 1.29 is 19.1 Å². The van der Waals surface area contributed by atoms with Crippen LogP contribution in [0.4, 0.5) is 4.79 Å². The topological polar surface area (TPSA) is 120 Å². The summed E-state index contributed by atoms with van der Waals surface area (Å²) >= 11 is 0. The molecule has 0 radical (unpaired) electrons. The number of hydrogen-bond donors (Lipinski definition) is 4. The predicted octanol–water partition coefficient (Wildman–Crippen LogP) is 0.498. The Balaban J connectivity index is 1.84. The molecule has 8 heteroatoms. The number of carbonyl (C=O) groups excluding carboxylic acids is 1. The van der Waals surface area contributed by atoms with Crippen LogP contribution in [0.15, 0.2) is 35.5 Å². The lowest BCUT2D eigenvalue weighted by atomic mass is 10.2. The first kappa shape index (κ1) is 13.7. The number of aliphatic carboxylic acids is 1. The molecule has 2 heterocycles. The minimum absolute atomic E-state index is 0.133. The van der Waals surface area contributed by atoms with Gasteiger partial charge in [-0.15, -0.1) is 0 Å². The molecule has 106 valence electrons. The Morgan fingerprint density at radius 2 is 2.35 bits per heavy atom. The molecule has 2 aromatic heterocycles. The van der Waals surface area contributed by atoms with Gasteiger partial charge in [0.1, 0.15) is 6.04 Å². The fraction of sp³-hybridized carbons (Fsp3) is 0.250. The number of rotatable bonds is 6. The molecule has 1 atom stereocenters. The van der Waals surface area contributed by atoms with Crippen LogP contribution in [0.3, 0.4) is 0 Å². The maximum Gasteiger partial charge on any atom is 0.326 e. The highest BCUT2D eigenvalue weighted by Crippen LogP contribution is 2.00. The highest BCUT2D eigenvalue weighted by molar-refractivity contribution is 5.82. The van der Waals surface area contributed by atoms with E-state index < -0.39 is 18.0 Å². The van der Waals surface area contributed by atoms with Gasteiger partial charge in [-0.2, -0.15) is 0 Å². The Hall–Kier alpha value is -2.77. The summed E-state index contributed by atoms with van der Waals surface area (Å²) in [6.45, 7) is 0.263. The van der Waals surface area contributed by atoms with Gasteiger partial charge in [0.25, 0.3) is 0 Å². The van der Waals surface area contributed by atoms with Crippen molar-refractivity contribution in [3.8, 4) is 0 Å². The van der Waals surface area contributed by atoms with Gasteiger partial charge in [-0.25, -0.2) is 14.6 Å². The van der Waals surface area contributed by atoms with Crippen LogP contribution >= 0.6 is 0 Å². The molecular weight excluding hydrogens is 264 g/mol. The molecule has 2 rings (SSSR count). The Morgan fingerprint density at radius 3 is 2.95 bits per heavy atom. The number of aromatic amines is 1. The first-order valence-electron chi connectivity index (χ1n) is 5.90. The summed E-state index contributed by atoms with van der Waals surface area (Å²) in [7, 11) is 0. The quantitative estimate of drug-likeness (QED) is 0.613. The molecule has 0 aliphatic carbocycles. The van der Waals surface area contributed by atoms with E-state index in [9.17, 15) is 9.59 Å². The second-order valence-electron chi connectivity index (χ2n) is 4.13. The van der Waals surface area contributed by atoms with Gasteiger partial charge < -0.3 is 25.1 Å². The number of carboxylic acids is 1. The summed E-state index contributed by atoms with van der Waals surface area (Å²) < 4.78 is 4.86. The van der Waals surface area contributed by atoms with Crippen molar-refractivity contribution in [2.75, 3.05) is 0 Å². The van der Waals surface area contributed by atoms with E-state index in [2.05, 4.69) is 20.6 Å². The van der Waals surface area contributed by atoms with Crippen LogP contribution in [-0.4, -0.2) is 33.1 Å². The molecule has 0 aromatic carbocycles. The van der Waals surface area contributed by atoms with Crippen LogP contribution in [0, 0.1) is 0 Å². The highest BCUT2D eigenvalue weighted by atomic mass is 16.4. The van der Waals surface area contributed by atoms with Gasteiger partial charge >= 0.3 is 12.0 Å². The zero-order valence-corrected chi connectivity index (χ0v) is 10.5. The molecule has 0 bridgehead atoms. The number of nitrogens with one attached hydrogen (secondary N) is 3. The summed E-state index contributed by atoms with van der Waals surface area (Å²) in [5, 5.41) is 14.0. The van der Waals surface area contributed by atoms with Crippen molar-refractivity contribution in [2.24, 2.45) is 0 Å². The van der Waals surface area contributed by atoms with Crippen molar-refractivity contribution in [2.45, 2.75) is 19.0 Å². The van der Waals surface area contributed by atoms with E-state index in [1.807, 2.05) is 0 Å². The molecule has 2 aromatic rings. The van der Waals surface area contributed by atoms with Crippen molar-refractivity contribution in [3.05, 3.63) is 42.4 Å². The van der Waals surface area contributed by atoms with Crippen LogP contribution in [0.1, 0.15) is 11.3 Å². The van der Waals surface area contributed by atoms with Gasteiger partial charge in [0.2, 0.25) is 0 Å². The van der Waals surface area contributed by atoms with E-state index >= 15 is 0 Å². The molecule has 0 aliphatic rings. The summed E-state index contributed by atoms with van der Waals surface area (Å²) in [5.74, 6) is -1.11. The summed E-state index contributed by atoms with van der Waals surface area (Å²) in [6.07, 6.45) is 6.09. The van der Waals surface area contributed by atoms with Gasteiger partial charge in [0.05, 0.1) is 18.9 Å². The maximum atomic E-state index is 11.6. The van der Waals surface area contributed by atoms with Crippen LogP contribution in [0.2, 0.25) is 0 Å². The second-order valence-corrected chi connectivity index (χ2v) is 4.13. The van der Waals surface area contributed by atoms with Gasteiger partial charge in [-0.05, 0) is 6.07 Å². The lowest BCUT2D eigenvalue weighted by Crippen LogP contribution is -2.46. The number of hydrogen-bond acceptors (Lipinski definition) is 4. The van der Waals surface area contributed by atoms with Crippen molar-refractivity contribution in [3.63, 3.8) is 0 Å². The summed E-state index contributed by atoms with van der Waals surface area (Å²) in [4.78, 5) is 29.3. The highest BCUT2D eigenvalue weighted by Gasteiger charge is 2.20. The molecular formula is C12H14N4O4. The van der Waals surface area contributed by atoms with Crippen molar-refractivity contribution in [1.29, 1.82) is 0 Å². The number of furan rings is 1. The van der Waals surface area contributed by atoms with E-state index in [0.29, 0.717) is 5.69 Å². The number of nitrogens with zero attached hydrogens (tertiary/aromatic N) is 1. The van der Waals surface area contributed by atoms with Gasteiger partial charge in [-0.3, -0.25) is 0 Å². The molecule has 0 fully saturated rings. The van der Waals surface area contributed by atoms with Crippen LogP contribution < -0.4 is 10.6 Å². The third-order valence-electron chi connectivity index (χ3n) is 2.62. The molecule has 0 saturated heterocycles. The van der Waals surface area contributed by atoms with E-state index in [0.717, 1.165) is 5.56 Å². The largest absolute Gasteiger partial charge is 0.480 e. The minimum atomic E-state index is -1.11. The number of imidazole rings is 1. The zero-order valence-electron chi connectivity index (χ0n) is 10.5. The number of H-pyrrole nitrogens is 1. The van der Waals surface area contributed by atoms with Gasteiger partial charge in [-0.1, -0.05) is 0 Å². The number of amides is 2. The Kier molecular flexibility index (Phi) is 4.38.